The molecule has 0 bridgehead atoms. The van der Waals surface area contributed by atoms with Crippen LogP contribution in [0.2, 0.25) is 0 Å². The SMILES string of the molecule is CCOC(CCN(C)CC(=O)NCC(C)C)OCC. The summed E-state index contributed by atoms with van der Waals surface area (Å²) in [5.74, 6) is 0.551. The Labute approximate surface area is 117 Å². The van der Waals surface area contributed by atoms with Crippen LogP contribution in [0.15, 0.2) is 0 Å². The Bertz CT molecular complexity index is 229. The molecule has 0 aromatic carbocycles. The summed E-state index contributed by atoms with van der Waals surface area (Å²) in [4.78, 5) is 13.6. The zero-order chi connectivity index (χ0) is 14.7. The molecule has 0 fully saturated rings. The predicted molar refractivity (Wildman–Crippen MR) is 77.0 cm³/mol. The second-order valence-corrected chi connectivity index (χ2v) is 5.06. The summed E-state index contributed by atoms with van der Waals surface area (Å²) in [6.07, 6.45) is 0.603. The number of ether oxygens (including phenoxy) is 2. The Hall–Kier alpha value is -0.650. The highest BCUT2D eigenvalue weighted by Crippen LogP contribution is 2.02. The van der Waals surface area contributed by atoms with Crippen molar-refractivity contribution in [1.82, 2.24) is 10.2 Å². The van der Waals surface area contributed by atoms with Gasteiger partial charge in [0.25, 0.3) is 0 Å². The summed E-state index contributed by atoms with van der Waals surface area (Å²) < 4.78 is 10.9. The van der Waals surface area contributed by atoms with Crippen LogP contribution in [0.1, 0.15) is 34.1 Å². The fourth-order valence-electron chi connectivity index (χ4n) is 1.61. The molecule has 0 saturated heterocycles. The van der Waals surface area contributed by atoms with E-state index in [0.717, 1.165) is 19.5 Å². The standard InChI is InChI=1S/C14H30N2O3/c1-6-18-14(19-7-2)8-9-16(5)11-13(17)15-10-12(3)4/h12,14H,6-11H2,1-5H3,(H,15,17). The monoisotopic (exact) mass is 274 g/mol. The minimum atomic E-state index is -0.170. The lowest BCUT2D eigenvalue weighted by Gasteiger charge is -2.21. The van der Waals surface area contributed by atoms with E-state index >= 15 is 0 Å². The Morgan fingerprint density at radius 2 is 1.79 bits per heavy atom. The van der Waals surface area contributed by atoms with Crippen LogP contribution in [0.25, 0.3) is 0 Å². The van der Waals surface area contributed by atoms with Crippen LogP contribution in [0, 0.1) is 5.92 Å². The summed E-state index contributed by atoms with van der Waals surface area (Å²) in [5.41, 5.74) is 0. The second kappa shape index (κ2) is 11.2. The summed E-state index contributed by atoms with van der Waals surface area (Å²) in [6, 6.07) is 0. The third-order valence-electron chi connectivity index (χ3n) is 2.57. The van der Waals surface area contributed by atoms with Crippen LogP contribution in [0.3, 0.4) is 0 Å². The Morgan fingerprint density at radius 3 is 2.26 bits per heavy atom. The van der Waals surface area contributed by atoms with Gasteiger partial charge in [-0.05, 0) is 26.8 Å². The highest BCUT2D eigenvalue weighted by molar-refractivity contribution is 5.77. The third-order valence-corrected chi connectivity index (χ3v) is 2.57. The zero-order valence-corrected chi connectivity index (χ0v) is 13.1. The number of amides is 1. The van der Waals surface area contributed by atoms with Crippen molar-refractivity contribution < 1.29 is 14.3 Å². The van der Waals surface area contributed by atoms with Gasteiger partial charge in [0, 0.05) is 32.7 Å². The number of carbonyl (C=O) groups is 1. The van der Waals surface area contributed by atoms with Gasteiger partial charge < -0.3 is 14.8 Å². The first kappa shape index (κ1) is 18.4. The molecule has 0 atom stereocenters. The van der Waals surface area contributed by atoms with Gasteiger partial charge in [-0.3, -0.25) is 9.69 Å². The van der Waals surface area contributed by atoms with Gasteiger partial charge >= 0.3 is 0 Å². The van der Waals surface area contributed by atoms with Gasteiger partial charge in [-0.15, -0.1) is 0 Å². The molecule has 0 spiro atoms. The smallest absolute Gasteiger partial charge is 0.234 e. The van der Waals surface area contributed by atoms with Crippen LogP contribution in [0.4, 0.5) is 0 Å². The highest BCUT2D eigenvalue weighted by Gasteiger charge is 2.11. The molecule has 114 valence electrons. The molecule has 5 nitrogen and oxygen atoms in total. The third kappa shape index (κ3) is 10.9. The largest absolute Gasteiger partial charge is 0.355 e. The van der Waals surface area contributed by atoms with Gasteiger partial charge in [-0.25, -0.2) is 0 Å². The molecule has 0 unspecified atom stereocenters. The van der Waals surface area contributed by atoms with Crippen molar-refractivity contribution >= 4 is 5.91 Å². The van der Waals surface area contributed by atoms with E-state index in [1.54, 1.807) is 0 Å². The van der Waals surface area contributed by atoms with Gasteiger partial charge in [0.15, 0.2) is 6.29 Å². The molecule has 5 heteroatoms. The highest BCUT2D eigenvalue weighted by atomic mass is 16.7. The number of nitrogens with one attached hydrogen (secondary N) is 1. The quantitative estimate of drug-likeness (QED) is 0.580. The number of hydrogen-bond donors (Lipinski definition) is 1. The van der Waals surface area contributed by atoms with E-state index in [4.69, 9.17) is 9.47 Å². The van der Waals surface area contributed by atoms with Crippen molar-refractivity contribution in [1.29, 1.82) is 0 Å². The van der Waals surface area contributed by atoms with Crippen LogP contribution in [-0.4, -0.2) is 57.0 Å². The molecular weight excluding hydrogens is 244 g/mol. The van der Waals surface area contributed by atoms with E-state index in [0.29, 0.717) is 25.7 Å². The van der Waals surface area contributed by atoms with Gasteiger partial charge in [-0.1, -0.05) is 13.8 Å². The molecule has 0 aromatic rings. The molecule has 0 saturated carbocycles. The maximum atomic E-state index is 11.6. The average Bonchev–Trinajstić information content (AvgIpc) is 2.34. The molecule has 1 N–H and O–H groups in total. The van der Waals surface area contributed by atoms with Crippen molar-refractivity contribution in [2.75, 3.05) is 39.9 Å². The Balaban J connectivity index is 3.82. The zero-order valence-electron chi connectivity index (χ0n) is 13.1. The predicted octanol–water partition coefficient (Wildman–Crippen LogP) is 1.48. The van der Waals surface area contributed by atoms with Crippen molar-refractivity contribution in [3.05, 3.63) is 0 Å². The normalized spacial score (nSPS) is 11.6. The molecule has 1 amide bonds. The van der Waals surface area contributed by atoms with Gasteiger partial charge in [0.1, 0.15) is 0 Å². The van der Waals surface area contributed by atoms with Crippen molar-refractivity contribution in [2.24, 2.45) is 5.92 Å². The van der Waals surface area contributed by atoms with Gasteiger partial charge in [-0.2, -0.15) is 0 Å². The first-order chi connectivity index (χ1) is 8.99. The maximum absolute atomic E-state index is 11.6. The topological polar surface area (TPSA) is 50.8 Å². The van der Waals surface area contributed by atoms with Crippen LogP contribution in [0.5, 0.6) is 0 Å². The lowest BCUT2D eigenvalue weighted by Crippen LogP contribution is -2.38. The van der Waals surface area contributed by atoms with Gasteiger partial charge in [0.05, 0.1) is 6.54 Å². The molecule has 0 heterocycles. The molecule has 0 aliphatic carbocycles. The van der Waals surface area contributed by atoms with E-state index in [1.807, 2.05) is 25.8 Å². The molecule has 0 rings (SSSR count). The summed E-state index contributed by atoms with van der Waals surface area (Å²) in [6.45, 7) is 11.3. The lowest BCUT2D eigenvalue weighted by atomic mass is 10.2. The Kier molecular flexibility index (Phi) is 10.8. The molecule has 0 aliphatic heterocycles. The molecule has 19 heavy (non-hydrogen) atoms. The minimum absolute atomic E-state index is 0.0700. The lowest BCUT2D eigenvalue weighted by molar-refractivity contribution is -0.142. The van der Waals surface area contributed by atoms with E-state index in [-0.39, 0.29) is 12.2 Å². The number of carbonyl (C=O) groups excluding carboxylic acids is 1. The number of likely N-dealkylation sites (N-methyl/N-ethyl adjacent to an activating group) is 1. The number of rotatable bonds is 11. The average molecular weight is 274 g/mol. The van der Waals surface area contributed by atoms with Crippen LogP contribution in [-0.2, 0) is 14.3 Å². The van der Waals surface area contributed by atoms with E-state index < -0.39 is 0 Å². The molecule has 0 aliphatic rings. The summed E-state index contributed by atoms with van der Waals surface area (Å²) in [7, 11) is 1.93. The molecule has 0 radical (unpaired) electrons. The fraction of sp³-hybridized carbons (Fsp3) is 0.929. The minimum Gasteiger partial charge on any atom is -0.355 e. The Morgan fingerprint density at radius 1 is 1.21 bits per heavy atom. The summed E-state index contributed by atoms with van der Waals surface area (Å²) in [5, 5.41) is 2.91. The second-order valence-electron chi connectivity index (χ2n) is 5.06. The van der Waals surface area contributed by atoms with E-state index in [1.165, 1.54) is 0 Å². The number of hydrogen-bond acceptors (Lipinski definition) is 4. The molecule has 0 aromatic heterocycles. The van der Waals surface area contributed by atoms with E-state index in [9.17, 15) is 4.79 Å². The van der Waals surface area contributed by atoms with Crippen LogP contribution < -0.4 is 5.32 Å². The van der Waals surface area contributed by atoms with E-state index in [2.05, 4.69) is 19.2 Å². The summed E-state index contributed by atoms with van der Waals surface area (Å²) >= 11 is 0. The first-order valence-electron chi connectivity index (χ1n) is 7.18. The van der Waals surface area contributed by atoms with Crippen molar-refractivity contribution in [2.45, 2.75) is 40.4 Å². The first-order valence-corrected chi connectivity index (χ1v) is 7.18. The maximum Gasteiger partial charge on any atom is 0.234 e. The van der Waals surface area contributed by atoms with Crippen molar-refractivity contribution in [3.8, 4) is 0 Å². The molecular formula is C14H30N2O3. The number of nitrogens with zero attached hydrogens (tertiary/aromatic N) is 1. The van der Waals surface area contributed by atoms with Gasteiger partial charge in [0.2, 0.25) is 5.91 Å². The fourth-order valence-corrected chi connectivity index (χ4v) is 1.61. The van der Waals surface area contributed by atoms with Crippen LogP contribution >= 0.6 is 0 Å². The van der Waals surface area contributed by atoms with Crippen molar-refractivity contribution in [3.63, 3.8) is 0 Å².